The molecule has 1 rings (SSSR count). The molecule has 0 aromatic rings. The summed E-state index contributed by atoms with van der Waals surface area (Å²) in [5, 5.41) is 9.42. The van der Waals surface area contributed by atoms with Gasteiger partial charge >= 0.3 is 0 Å². The number of aliphatic hydroxyl groups is 1. The molecule has 2 unspecified atom stereocenters. The van der Waals surface area contributed by atoms with Gasteiger partial charge in [0.15, 0.2) is 0 Å². The van der Waals surface area contributed by atoms with Gasteiger partial charge < -0.3 is 5.11 Å². The van der Waals surface area contributed by atoms with Crippen molar-refractivity contribution < 1.29 is 5.11 Å². The molecule has 1 aliphatic rings. The molecule has 2 atom stereocenters. The molecule has 0 aromatic carbocycles. The van der Waals surface area contributed by atoms with Crippen molar-refractivity contribution >= 4 is 0 Å². The van der Waals surface area contributed by atoms with Gasteiger partial charge in [-0.2, -0.15) is 0 Å². The quantitative estimate of drug-likeness (QED) is 0.505. The lowest BCUT2D eigenvalue weighted by Gasteiger charge is -2.25. The molecule has 0 bridgehead atoms. The van der Waals surface area contributed by atoms with E-state index in [1.165, 1.54) is 25.7 Å². The number of hydrogen-bond donors (Lipinski definition) is 1. The number of hydrogen-bond acceptors (Lipinski definition) is 1. The fourth-order valence-electron chi connectivity index (χ4n) is 2.08. The lowest BCUT2D eigenvalue weighted by atomic mass is 9.84. The van der Waals surface area contributed by atoms with Crippen LogP contribution in [-0.2, 0) is 0 Å². The molecule has 0 saturated heterocycles. The Balaban J connectivity index is 2.09. The summed E-state index contributed by atoms with van der Waals surface area (Å²) in [5.41, 5.74) is 0. The average Bonchev–Trinajstić information content (AvgIpc) is 2.05. The molecule has 12 heavy (non-hydrogen) atoms. The molecular formula is C11H20O. The van der Waals surface area contributed by atoms with Gasteiger partial charge in [-0.1, -0.05) is 25.3 Å². The Hall–Kier alpha value is -0.300. The summed E-state index contributed by atoms with van der Waals surface area (Å²) >= 11 is 0. The molecule has 0 spiro atoms. The summed E-state index contributed by atoms with van der Waals surface area (Å²) in [6.45, 7) is 3.71. The molecule has 0 radical (unpaired) electrons. The highest BCUT2D eigenvalue weighted by atomic mass is 16.3. The maximum Gasteiger partial charge on any atom is 0.0542 e. The van der Waals surface area contributed by atoms with Crippen molar-refractivity contribution in [1.82, 2.24) is 0 Å². The van der Waals surface area contributed by atoms with Crippen molar-refractivity contribution in [3.8, 4) is 0 Å². The minimum atomic E-state index is -0.00696. The van der Waals surface area contributed by atoms with E-state index in [1.54, 1.807) is 0 Å². The zero-order valence-corrected chi connectivity index (χ0v) is 7.84. The molecule has 0 aliphatic heterocycles. The molecule has 0 aromatic heterocycles. The predicted molar refractivity (Wildman–Crippen MR) is 52.0 cm³/mol. The minimum absolute atomic E-state index is 0.00696. The monoisotopic (exact) mass is 168 g/mol. The molecule has 70 valence electrons. The summed E-state index contributed by atoms with van der Waals surface area (Å²) in [6, 6.07) is 0. The van der Waals surface area contributed by atoms with Crippen LogP contribution in [-0.4, -0.2) is 11.2 Å². The third-order valence-corrected chi connectivity index (χ3v) is 2.78. The normalized spacial score (nSPS) is 30.1. The Kier molecular flexibility index (Phi) is 4.37. The summed E-state index contributed by atoms with van der Waals surface area (Å²) in [4.78, 5) is 0. The average molecular weight is 168 g/mol. The number of allylic oxidation sites excluding steroid dienone is 1. The summed E-state index contributed by atoms with van der Waals surface area (Å²) in [5.74, 6) is 0.786. The van der Waals surface area contributed by atoms with Crippen LogP contribution < -0.4 is 0 Å². The standard InChI is InChI=1S/C11H20O/c1-2-3-4-6-10-7-5-8-11(12)9-10/h2,10-12H,1,3-9H2. The zero-order chi connectivity index (χ0) is 8.81. The van der Waals surface area contributed by atoms with Crippen molar-refractivity contribution in [3.05, 3.63) is 12.7 Å². The first-order chi connectivity index (χ1) is 5.83. The van der Waals surface area contributed by atoms with Gasteiger partial charge in [0, 0.05) is 0 Å². The Bertz CT molecular complexity index is 131. The lowest BCUT2D eigenvalue weighted by molar-refractivity contribution is 0.0977. The smallest absolute Gasteiger partial charge is 0.0542 e. The van der Waals surface area contributed by atoms with Gasteiger partial charge in [0.2, 0.25) is 0 Å². The van der Waals surface area contributed by atoms with Gasteiger partial charge in [0.1, 0.15) is 0 Å². The SMILES string of the molecule is C=CCCCC1CCCC(O)C1. The largest absolute Gasteiger partial charge is 0.393 e. The molecule has 1 fully saturated rings. The summed E-state index contributed by atoms with van der Waals surface area (Å²) < 4.78 is 0. The molecular weight excluding hydrogens is 148 g/mol. The third-order valence-electron chi connectivity index (χ3n) is 2.78. The van der Waals surface area contributed by atoms with Crippen LogP contribution in [0.15, 0.2) is 12.7 Å². The molecule has 1 heteroatoms. The van der Waals surface area contributed by atoms with Crippen molar-refractivity contribution in [3.63, 3.8) is 0 Å². The summed E-state index contributed by atoms with van der Waals surface area (Å²) in [7, 11) is 0. The number of unbranched alkanes of at least 4 members (excludes halogenated alkanes) is 1. The first-order valence-corrected chi connectivity index (χ1v) is 5.12. The second-order valence-corrected chi connectivity index (χ2v) is 3.91. The van der Waals surface area contributed by atoms with E-state index in [4.69, 9.17) is 0 Å². The van der Waals surface area contributed by atoms with E-state index in [0.29, 0.717) is 0 Å². The Morgan fingerprint density at radius 1 is 1.42 bits per heavy atom. The van der Waals surface area contributed by atoms with E-state index in [-0.39, 0.29) is 6.10 Å². The third kappa shape index (κ3) is 3.40. The van der Waals surface area contributed by atoms with Crippen LogP contribution in [0.2, 0.25) is 0 Å². The molecule has 1 N–H and O–H groups in total. The molecule has 1 aliphatic carbocycles. The van der Waals surface area contributed by atoms with E-state index in [2.05, 4.69) is 6.58 Å². The first-order valence-electron chi connectivity index (χ1n) is 5.12. The number of rotatable bonds is 4. The molecule has 1 nitrogen and oxygen atoms in total. The van der Waals surface area contributed by atoms with Crippen LogP contribution >= 0.6 is 0 Å². The van der Waals surface area contributed by atoms with Crippen molar-refractivity contribution in [2.75, 3.05) is 0 Å². The fourth-order valence-corrected chi connectivity index (χ4v) is 2.08. The topological polar surface area (TPSA) is 20.2 Å². The molecule has 0 heterocycles. The zero-order valence-electron chi connectivity index (χ0n) is 7.84. The highest BCUT2D eigenvalue weighted by molar-refractivity contribution is 4.74. The van der Waals surface area contributed by atoms with E-state index >= 15 is 0 Å². The Labute approximate surface area is 75.5 Å². The Morgan fingerprint density at radius 3 is 2.92 bits per heavy atom. The van der Waals surface area contributed by atoms with Gasteiger partial charge in [-0.15, -0.1) is 6.58 Å². The minimum Gasteiger partial charge on any atom is -0.393 e. The van der Waals surface area contributed by atoms with Crippen LogP contribution in [0.4, 0.5) is 0 Å². The van der Waals surface area contributed by atoms with Crippen molar-refractivity contribution in [1.29, 1.82) is 0 Å². The van der Waals surface area contributed by atoms with Crippen molar-refractivity contribution in [2.24, 2.45) is 5.92 Å². The molecule has 1 saturated carbocycles. The van der Waals surface area contributed by atoms with E-state index in [1.807, 2.05) is 6.08 Å². The number of aliphatic hydroxyl groups excluding tert-OH is 1. The van der Waals surface area contributed by atoms with Gasteiger partial charge in [-0.05, 0) is 31.6 Å². The maximum absolute atomic E-state index is 9.42. The van der Waals surface area contributed by atoms with Gasteiger partial charge in [-0.25, -0.2) is 0 Å². The van der Waals surface area contributed by atoms with E-state index < -0.39 is 0 Å². The predicted octanol–water partition coefficient (Wildman–Crippen LogP) is 2.89. The van der Waals surface area contributed by atoms with Gasteiger partial charge in [0.25, 0.3) is 0 Å². The van der Waals surface area contributed by atoms with E-state index in [0.717, 1.165) is 25.2 Å². The fraction of sp³-hybridized carbons (Fsp3) is 0.818. The highest BCUT2D eigenvalue weighted by Gasteiger charge is 2.18. The maximum atomic E-state index is 9.42. The highest BCUT2D eigenvalue weighted by Crippen LogP contribution is 2.28. The second kappa shape index (κ2) is 5.36. The van der Waals surface area contributed by atoms with E-state index in [9.17, 15) is 5.11 Å². The lowest BCUT2D eigenvalue weighted by Crippen LogP contribution is -2.19. The molecule has 0 amide bonds. The second-order valence-electron chi connectivity index (χ2n) is 3.91. The van der Waals surface area contributed by atoms with Crippen LogP contribution in [0.1, 0.15) is 44.9 Å². The van der Waals surface area contributed by atoms with Gasteiger partial charge in [0.05, 0.1) is 6.10 Å². The first kappa shape index (κ1) is 9.79. The van der Waals surface area contributed by atoms with Crippen LogP contribution in [0.3, 0.4) is 0 Å². The van der Waals surface area contributed by atoms with Crippen LogP contribution in [0.25, 0.3) is 0 Å². The van der Waals surface area contributed by atoms with Crippen molar-refractivity contribution in [2.45, 2.75) is 51.0 Å². The van der Waals surface area contributed by atoms with Crippen LogP contribution in [0, 0.1) is 5.92 Å². The Morgan fingerprint density at radius 2 is 2.25 bits per heavy atom. The van der Waals surface area contributed by atoms with Crippen LogP contribution in [0.5, 0.6) is 0 Å². The van der Waals surface area contributed by atoms with Gasteiger partial charge in [-0.3, -0.25) is 0 Å². The summed E-state index contributed by atoms with van der Waals surface area (Å²) in [6.07, 6.45) is 10.3.